The van der Waals surface area contributed by atoms with E-state index in [9.17, 15) is 4.79 Å². The van der Waals surface area contributed by atoms with Crippen LogP contribution in [0, 0.1) is 0 Å². The number of nitrogens with one attached hydrogen (secondary N) is 1. The van der Waals surface area contributed by atoms with Gasteiger partial charge in [0.25, 0.3) is 0 Å². The van der Waals surface area contributed by atoms with Crippen molar-refractivity contribution in [3.63, 3.8) is 0 Å². The summed E-state index contributed by atoms with van der Waals surface area (Å²) in [6.07, 6.45) is 6.43. The molecule has 1 amide bonds. The van der Waals surface area contributed by atoms with Crippen molar-refractivity contribution in [3.05, 3.63) is 11.1 Å². The third-order valence-corrected chi connectivity index (χ3v) is 4.98. The first kappa shape index (κ1) is 15.3. The molecule has 0 radical (unpaired) electrons. The number of anilines is 1. The molecule has 0 aliphatic heterocycles. The maximum Gasteiger partial charge on any atom is 0.226 e. The summed E-state index contributed by atoms with van der Waals surface area (Å²) in [5.74, 6) is 0.0297. The average Bonchev–Trinajstić information content (AvgIpc) is 2.83. The van der Waals surface area contributed by atoms with Crippen LogP contribution in [0.15, 0.2) is 5.38 Å². The van der Waals surface area contributed by atoms with Crippen molar-refractivity contribution in [1.29, 1.82) is 0 Å². The molecule has 1 aliphatic rings. The van der Waals surface area contributed by atoms with Crippen molar-refractivity contribution in [1.82, 2.24) is 15.2 Å². The van der Waals surface area contributed by atoms with E-state index in [2.05, 4.69) is 29.3 Å². The standard InChI is InChI=1S/C14H24N4OS/c1-18(2)14(6-4-3-5-7-14)10-16-12(19)8-11-9-20-13(15)17-11/h9H,3-8,10H2,1-2H3,(H2,15,17)(H,16,19). The number of nitrogens with two attached hydrogens (primary N) is 1. The lowest BCUT2D eigenvalue weighted by Crippen LogP contribution is -2.54. The molecule has 3 N–H and O–H groups in total. The molecule has 1 fully saturated rings. The van der Waals surface area contributed by atoms with Crippen LogP contribution in [0.2, 0.25) is 0 Å². The number of hydrogen-bond acceptors (Lipinski definition) is 5. The highest BCUT2D eigenvalue weighted by atomic mass is 32.1. The molecular formula is C14H24N4OS. The number of thiazole rings is 1. The van der Waals surface area contributed by atoms with E-state index in [1.807, 2.05) is 5.38 Å². The second kappa shape index (κ2) is 6.54. The van der Waals surface area contributed by atoms with Crippen LogP contribution in [0.25, 0.3) is 0 Å². The first-order chi connectivity index (χ1) is 9.52. The Hall–Kier alpha value is -1.14. The quantitative estimate of drug-likeness (QED) is 0.866. The van der Waals surface area contributed by atoms with Gasteiger partial charge in [-0.25, -0.2) is 4.98 Å². The number of likely N-dealkylation sites (N-methyl/N-ethyl adjacent to an activating group) is 1. The van der Waals surface area contributed by atoms with Gasteiger partial charge in [-0.1, -0.05) is 19.3 Å². The van der Waals surface area contributed by atoms with E-state index < -0.39 is 0 Å². The molecule has 1 heterocycles. The Morgan fingerprint density at radius 3 is 2.70 bits per heavy atom. The summed E-state index contributed by atoms with van der Waals surface area (Å²) in [5.41, 5.74) is 6.45. The topological polar surface area (TPSA) is 71.2 Å². The van der Waals surface area contributed by atoms with Gasteiger partial charge < -0.3 is 16.0 Å². The second-order valence-corrected chi connectivity index (χ2v) is 6.70. The Labute approximate surface area is 124 Å². The minimum Gasteiger partial charge on any atom is -0.375 e. The molecule has 0 unspecified atom stereocenters. The molecule has 0 aromatic carbocycles. The minimum atomic E-state index is 0.0297. The lowest BCUT2D eigenvalue weighted by atomic mass is 9.80. The predicted molar refractivity (Wildman–Crippen MR) is 82.7 cm³/mol. The van der Waals surface area contributed by atoms with Crippen LogP contribution in [-0.2, 0) is 11.2 Å². The van der Waals surface area contributed by atoms with Crippen molar-refractivity contribution in [3.8, 4) is 0 Å². The molecule has 1 aliphatic carbocycles. The van der Waals surface area contributed by atoms with Crippen LogP contribution in [-0.4, -0.2) is 42.0 Å². The highest BCUT2D eigenvalue weighted by molar-refractivity contribution is 7.13. The first-order valence-corrected chi connectivity index (χ1v) is 8.04. The van der Waals surface area contributed by atoms with E-state index in [0.29, 0.717) is 11.6 Å². The number of carbonyl (C=O) groups is 1. The number of carbonyl (C=O) groups excluding carboxylic acids is 1. The van der Waals surface area contributed by atoms with Crippen LogP contribution >= 0.6 is 11.3 Å². The molecule has 1 aromatic rings. The Kier molecular flexibility index (Phi) is 4.99. The lowest BCUT2D eigenvalue weighted by Gasteiger charge is -2.43. The third kappa shape index (κ3) is 3.70. The van der Waals surface area contributed by atoms with Gasteiger partial charge in [0.2, 0.25) is 5.91 Å². The summed E-state index contributed by atoms with van der Waals surface area (Å²) in [6.45, 7) is 0.721. The molecule has 1 aromatic heterocycles. The molecule has 0 spiro atoms. The molecular weight excluding hydrogens is 272 g/mol. The van der Waals surface area contributed by atoms with Crippen molar-refractivity contribution < 1.29 is 4.79 Å². The van der Waals surface area contributed by atoms with E-state index in [-0.39, 0.29) is 11.4 Å². The highest BCUT2D eigenvalue weighted by Gasteiger charge is 2.34. The Morgan fingerprint density at radius 2 is 2.15 bits per heavy atom. The van der Waals surface area contributed by atoms with Crippen molar-refractivity contribution >= 4 is 22.4 Å². The summed E-state index contributed by atoms with van der Waals surface area (Å²) >= 11 is 1.38. The van der Waals surface area contributed by atoms with Crippen LogP contribution in [0.4, 0.5) is 5.13 Å². The van der Waals surface area contributed by atoms with Gasteiger partial charge in [-0.05, 0) is 26.9 Å². The smallest absolute Gasteiger partial charge is 0.226 e. The number of amides is 1. The summed E-state index contributed by atoms with van der Waals surface area (Å²) in [6, 6.07) is 0. The first-order valence-electron chi connectivity index (χ1n) is 7.16. The summed E-state index contributed by atoms with van der Waals surface area (Å²) < 4.78 is 0. The maximum atomic E-state index is 12.0. The van der Waals surface area contributed by atoms with Gasteiger partial charge in [-0.15, -0.1) is 11.3 Å². The van der Waals surface area contributed by atoms with Crippen LogP contribution in [0.5, 0.6) is 0 Å². The van der Waals surface area contributed by atoms with Crippen LogP contribution in [0.1, 0.15) is 37.8 Å². The zero-order valence-electron chi connectivity index (χ0n) is 12.3. The van der Waals surface area contributed by atoms with Gasteiger partial charge in [-0.3, -0.25) is 4.79 Å². The number of nitrogen functional groups attached to an aromatic ring is 1. The fraction of sp³-hybridized carbons (Fsp3) is 0.714. The van der Waals surface area contributed by atoms with Gasteiger partial charge in [0.05, 0.1) is 12.1 Å². The Balaban J connectivity index is 1.87. The number of hydrogen-bond donors (Lipinski definition) is 2. The Bertz CT molecular complexity index is 452. The molecule has 0 atom stereocenters. The highest BCUT2D eigenvalue weighted by Crippen LogP contribution is 2.31. The Morgan fingerprint density at radius 1 is 1.45 bits per heavy atom. The van der Waals surface area contributed by atoms with Crippen molar-refractivity contribution in [2.24, 2.45) is 0 Å². The fourth-order valence-corrected chi connectivity index (χ4v) is 3.45. The van der Waals surface area contributed by atoms with Gasteiger partial charge in [-0.2, -0.15) is 0 Å². The van der Waals surface area contributed by atoms with Crippen molar-refractivity contribution in [2.45, 2.75) is 44.1 Å². The van der Waals surface area contributed by atoms with Crippen LogP contribution in [0.3, 0.4) is 0 Å². The minimum absolute atomic E-state index is 0.0297. The molecule has 0 bridgehead atoms. The maximum absolute atomic E-state index is 12.0. The molecule has 20 heavy (non-hydrogen) atoms. The molecule has 0 saturated heterocycles. The van der Waals surface area contributed by atoms with E-state index in [0.717, 1.165) is 25.1 Å². The monoisotopic (exact) mass is 296 g/mol. The predicted octanol–water partition coefficient (Wildman–Crippen LogP) is 1.65. The second-order valence-electron chi connectivity index (χ2n) is 5.81. The lowest BCUT2D eigenvalue weighted by molar-refractivity contribution is -0.121. The van der Waals surface area contributed by atoms with E-state index in [4.69, 9.17) is 5.73 Å². The SMILES string of the molecule is CN(C)C1(CNC(=O)Cc2csc(N)n2)CCCCC1. The van der Waals surface area contributed by atoms with Crippen LogP contribution < -0.4 is 11.1 Å². The molecule has 112 valence electrons. The normalized spacial score (nSPS) is 18.1. The van der Waals surface area contributed by atoms with E-state index >= 15 is 0 Å². The molecule has 1 saturated carbocycles. The number of nitrogens with zero attached hydrogens (tertiary/aromatic N) is 2. The number of aromatic nitrogens is 1. The fourth-order valence-electron chi connectivity index (χ4n) is 2.89. The molecule has 2 rings (SSSR count). The van der Waals surface area contributed by atoms with E-state index in [1.165, 1.54) is 30.6 Å². The van der Waals surface area contributed by atoms with E-state index in [1.54, 1.807) is 0 Å². The third-order valence-electron chi connectivity index (χ3n) is 4.26. The van der Waals surface area contributed by atoms with Gasteiger partial charge in [0, 0.05) is 17.5 Å². The zero-order chi connectivity index (χ0) is 14.6. The van der Waals surface area contributed by atoms with Gasteiger partial charge >= 0.3 is 0 Å². The largest absolute Gasteiger partial charge is 0.375 e. The summed E-state index contributed by atoms with van der Waals surface area (Å²) in [4.78, 5) is 18.4. The summed E-state index contributed by atoms with van der Waals surface area (Å²) in [7, 11) is 4.22. The average molecular weight is 296 g/mol. The molecule has 6 heteroatoms. The molecule has 5 nitrogen and oxygen atoms in total. The zero-order valence-corrected chi connectivity index (χ0v) is 13.1. The number of rotatable bonds is 5. The summed E-state index contributed by atoms with van der Waals surface area (Å²) in [5, 5.41) is 5.44. The van der Waals surface area contributed by atoms with Gasteiger partial charge in [0.1, 0.15) is 0 Å². The van der Waals surface area contributed by atoms with Gasteiger partial charge in [0.15, 0.2) is 5.13 Å². The van der Waals surface area contributed by atoms with Crippen molar-refractivity contribution in [2.75, 3.05) is 26.4 Å².